The summed E-state index contributed by atoms with van der Waals surface area (Å²) in [5, 5.41) is 11.8. The minimum atomic E-state index is -0.576. The van der Waals surface area contributed by atoms with Crippen molar-refractivity contribution < 1.29 is 9.66 Å². The van der Waals surface area contributed by atoms with Gasteiger partial charge in [-0.15, -0.1) is 0 Å². The number of hydrogen-bond acceptors (Lipinski definition) is 5. The van der Waals surface area contributed by atoms with Crippen molar-refractivity contribution in [2.75, 3.05) is 0 Å². The number of fused-ring (bicyclic) bond motifs is 1. The summed E-state index contributed by atoms with van der Waals surface area (Å²) in [7, 11) is 1.63. The van der Waals surface area contributed by atoms with E-state index in [9.17, 15) is 10.1 Å². The highest BCUT2D eigenvalue weighted by atomic mass is 16.6. The molecule has 1 aromatic carbocycles. The van der Waals surface area contributed by atoms with Gasteiger partial charge in [-0.1, -0.05) is 18.2 Å². The Labute approximate surface area is 113 Å². The van der Waals surface area contributed by atoms with E-state index >= 15 is 0 Å². The standard InChI is InChI=1S/C13H10N4O3/c1-16-8-15-12(17(18)19)13(16)20-10-6-2-4-9-5-3-7-14-11(9)10/h2-8H,1H3. The molecule has 7 nitrogen and oxygen atoms in total. The van der Waals surface area contributed by atoms with Crippen LogP contribution in [0.1, 0.15) is 0 Å². The van der Waals surface area contributed by atoms with Crippen LogP contribution in [0.3, 0.4) is 0 Å². The number of ether oxygens (including phenoxy) is 1. The highest BCUT2D eigenvalue weighted by Crippen LogP contribution is 2.32. The molecule has 3 aromatic rings. The Kier molecular flexibility index (Phi) is 2.79. The van der Waals surface area contributed by atoms with Crippen molar-refractivity contribution in [3.05, 3.63) is 53.0 Å². The first-order chi connectivity index (χ1) is 9.66. The topological polar surface area (TPSA) is 83.1 Å². The molecule has 0 N–H and O–H groups in total. The smallest absolute Gasteiger partial charge is 0.427 e. The summed E-state index contributed by atoms with van der Waals surface area (Å²) in [5.74, 6) is 0.211. The molecule has 2 heterocycles. The van der Waals surface area contributed by atoms with Crippen molar-refractivity contribution in [2.24, 2.45) is 7.05 Å². The van der Waals surface area contributed by atoms with E-state index in [2.05, 4.69) is 9.97 Å². The predicted octanol–water partition coefficient (Wildman–Crippen LogP) is 2.67. The Balaban J connectivity index is 2.10. The van der Waals surface area contributed by atoms with Crippen LogP contribution < -0.4 is 4.74 Å². The van der Waals surface area contributed by atoms with Crippen molar-refractivity contribution in [2.45, 2.75) is 0 Å². The Hall–Kier alpha value is -2.96. The van der Waals surface area contributed by atoms with Crippen LogP contribution in [0.2, 0.25) is 0 Å². The molecule has 100 valence electrons. The number of hydrogen-bond donors (Lipinski definition) is 0. The van der Waals surface area contributed by atoms with E-state index in [4.69, 9.17) is 4.74 Å². The van der Waals surface area contributed by atoms with Crippen LogP contribution in [0, 0.1) is 10.1 Å². The van der Waals surface area contributed by atoms with Gasteiger partial charge in [0.05, 0.1) is 0 Å². The molecule has 0 unspecified atom stereocenters. The van der Waals surface area contributed by atoms with E-state index in [1.165, 1.54) is 10.9 Å². The molecule has 7 heteroatoms. The lowest BCUT2D eigenvalue weighted by molar-refractivity contribution is -0.390. The maximum Gasteiger partial charge on any atom is 0.427 e. The van der Waals surface area contributed by atoms with Crippen LogP contribution >= 0.6 is 0 Å². The fourth-order valence-corrected chi connectivity index (χ4v) is 1.91. The van der Waals surface area contributed by atoms with Crippen LogP contribution in [0.15, 0.2) is 42.9 Å². The molecule has 2 aromatic heterocycles. The first-order valence-corrected chi connectivity index (χ1v) is 5.84. The number of rotatable bonds is 3. The van der Waals surface area contributed by atoms with E-state index in [0.29, 0.717) is 11.3 Å². The molecule has 3 rings (SSSR count). The normalized spacial score (nSPS) is 10.7. The summed E-state index contributed by atoms with van der Waals surface area (Å²) >= 11 is 0. The molecule has 0 atom stereocenters. The molecular weight excluding hydrogens is 260 g/mol. The number of aromatic nitrogens is 3. The minimum absolute atomic E-state index is 0.0770. The molecule has 0 spiro atoms. The van der Waals surface area contributed by atoms with Crippen LogP contribution in [-0.4, -0.2) is 19.5 Å². The quantitative estimate of drug-likeness (QED) is 0.539. The minimum Gasteiger partial charge on any atom is -0.431 e. The third-order valence-electron chi connectivity index (χ3n) is 2.84. The summed E-state index contributed by atoms with van der Waals surface area (Å²) in [6.45, 7) is 0. The Bertz CT molecular complexity index is 792. The van der Waals surface area contributed by atoms with Gasteiger partial charge in [0.25, 0.3) is 0 Å². The van der Waals surface area contributed by atoms with Gasteiger partial charge in [0.15, 0.2) is 5.75 Å². The molecule has 0 fully saturated rings. The number of nitro groups is 1. The molecule has 0 aliphatic heterocycles. The average molecular weight is 270 g/mol. The maximum absolute atomic E-state index is 10.9. The zero-order chi connectivity index (χ0) is 14.1. The van der Waals surface area contributed by atoms with Crippen LogP contribution in [0.25, 0.3) is 10.9 Å². The maximum atomic E-state index is 10.9. The number of pyridine rings is 1. The van der Waals surface area contributed by atoms with Crippen LogP contribution in [0.5, 0.6) is 11.6 Å². The number of aryl methyl sites for hydroxylation is 1. The monoisotopic (exact) mass is 270 g/mol. The lowest BCUT2D eigenvalue weighted by Crippen LogP contribution is -1.97. The molecular formula is C13H10N4O3. The van der Waals surface area contributed by atoms with Crippen LogP contribution in [0.4, 0.5) is 5.82 Å². The molecule has 20 heavy (non-hydrogen) atoms. The van der Waals surface area contributed by atoms with E-state index in [1.807, 2.05) is 24.3 Å². The lowest BCUT2D eigenvalue weighted by atomic mass is 10.2. The zero-order valence-electron chi connectivity index (χ0n) is 10.6. The lowest BCUT2D eigenvalue weighted by Gasteiger charge is -2.07. The zero-order valence-corrected chi connectivity index (χ0v) is 10.6. The summed E-state index contributed by atoms with van der Waals surface area (Å²) in [6, 6.07) is 9.13. The largest absolute Gasteiger partial charge is 0.431 e. The van der Waals surface area contributed by atoms with Gasteiger partial charge in [-0.05, 0) is 22.0 Å². The van der Waals surface area contributed by atoms with Gasteiger partial charge in [0, 0.05) is 18.6 Å². The van der Waals surface area contributed by atoms with Gasteiger partial charge >= 0.3 is 11.7 Å². The van der Waals surface area contributed by atoms with Gasteiger partial charge < -0.3 is 14.9 Å². The fraction of sp³-hybridized carbons (Fsp3) is 0.0769. The second-order valence-corrected chi connectivity index (χ2v) is 4.17. The number of imidazole rings is 1. The van der Waals surface area contributed by atoms with Gasteiger partial charge in [-0.3, -0.25) is 9.55 Å². The van der Waals surface area contributed by atoms with Gasteiger partial charge in [0.2, 0.25) is 6.33 Å². The van der Waals surface area contributed by atoms with Gasteiger partial charge in [0.1, 0.15) is 5.52 Å². The molecule has 0 amide bonds. The summed E-state index contributed by atoms with van der Waals surface area (Å²) in [4.78, 5) is 18.3. The fourth-order valence-electron chi connectivity index (χ4n) is 1.91. The third kappa shape index (κ3) is 1.95. The second kappa shape index (κ2) is 4.61. The molecule has 0 aliphatic carbocycles. The van der Waals surface area contributed by atoms with Crippen molar-refractivity contribution in [1.82, 2.24) is 14.5 Å². The Morgan fingerprint density at radius 2 is 2.05 bits per heavy atom. The summed E-state index contributed by atoms with van der Waals surface area (Å²) in [6.07, 6.45) is 2.98. The third-order valence-corrected chi connectivity index (χ3v) is 2.84. The van der Waals surface area contributed by atoms with Crippen molar-refractivity contribution in [1.29, 1.82) is 0 Å². The predicted molar refractivity (Wildman–Crippen MR) is 71.7 cm³/mol. The van der Waals surface area contributed by atoms with E-state index in [-0.39, 0.29) is 11.7 Å². The highest BCUT2D eigenvalue weighted by Gasteiger charge is 2.23. The van der Waals surface area contributed by atoms with Gasteiger partial charge in [-0.2, -0.15) is 0 Å². The van der Waals surface area contributed by atoms with Crippen molar-refractivity contribution in [3.63, 3.8) is 0 Å². The van der Waals surface area contributed by atoms with E-state index in [1.54, 1.807) is 19.3 Å². The van der Waals surface area contributed by atoms with Crippen molar-refractivity contribution >= 4 is 16.7 Å². The number of para-hydroxylation sites is 1. The van der Waals surface area contributed by atoms with E-state index in [0.717, 1.165) is 5.39 Å². The SMILES string of the molecule is Cn1cnc([N+](=O)[O-])c1Oc1cccc2cccnc12. The highest BCUT2D eigenvalue weighted by molar-refractivity contribution is 5.84. The van der Waals surface area contributed by atoms with Gasteiger partial charge in [-0.25, -0.2) is 0 Å². The average Bonchev–Trinajstić information content (AvgIpc) is 2.81. The first-order valence-electron chi connectivity index (χ1n) is 5.84. The molecule has 0 aliphatic rings. The molecule has 0 saturated heterocycles. The number of benzene rings is 1. The van der Waals surface area contributed by atoms with Crippen molar-refractivity contribution in [3.8, 4) is 11.6 Å². The Morgan fingerprint density at radius 1 is 1.25 bits per heavy atom. The summed E-state index contributed by atoms with van der Waals surface area (Å²) < 4.78 is 7.11. The molecule has 0 radical (unpaired) electrons. The molecule has 0 bridgehead atoms. The van der Waals surface area contributed by atoms with Crippen LogP contribution in [-0.2, 0) is 7.05 Å². The Morgan fingerprint density at radius 3 is 2.85 bits per heavy atom. The first kappa shape index (κ1) is 12.1. The van der Waals surface area contributed by atoms with E-state index < -0.39 is 4.92 Å². The number of nitrogens with zero attached hydrogens (tertiary/aromatic N) is 4. The second-order valence-electron chi connectivity index (χ2n) is 4.17. The molecule has 0 saturated carbocycles. The summed E-state index contributed by atoms with van der Waals surface area (Å²) in [5.41, 5.74) is 0.644.